The fourth-order valence-electron chi connectivity index (χ4n) is 1.61. The van der Waals surface area contributed by atoms with Gasteiger partial charge in [-0.05, 0) is 20.3 Å². The van der Waals surface area contributed by atoms with Crippen LogP contribution in [0.15, 0.2) is 4.99 Å². The molecule has 0 aromatic heterocycles. The second kappa shape index (κ2) is 4.51. The summed E-state index contributed by atoms with van der Waals surface area (Å²) in [4.78, 5) is 17.7. The third-order valence-electron chi connectivity index (χ3n) is 2.63. The summed E-state index contributed by atoms with van der Waals surface area (Å²) in [6.45, 7) is 7.82. The quantitative estimate of drug-likeness (QED) is 0.497. The molecule has 5 heteroatoms. The van der Waals surface area contributed by atoms with Gasteiger partial charge in [-0.15, -0.1) is 0 Å². The minimum Gasteiger partial charge on any atom is -0.370 e. The van der Waals surface area contributed by atoms with Crippen LogP contribution >= 0.6 is 0 Å². The van der Waals surface area contributed by atoms with E-state index in [0.717, 1.165) is 13.0 Å². The summed E-state index contributed by atoms with van der Waals surface area (Å²) < 4.78 is 0. The molecule has 0 radical (unpaired) electrons. The maximum Gasteiger partial charge on any atom is 0.245 e. The van der Waals surface area contributed by atoms with Gasteiger partial charge >= 0.3 is 0 Å². The highest BCUT2D eigenvalue weighted by molar-refractivity contribution is 5.92. The highest BCUT2D eigenvalue weighted by Crippen LogP contribution is 2.16. The molecule has 0 saturated carbocycles. The molecule has 5 nitrogen and oxygen atoms in total. The Morgan fingerprint density at radius 2 is 2.33 bits per heavy atom. The Morgan fingerprint density at radius 1 is 1.67 bits per heavy atom. The number of carbonyl (C=O) groups is 1. The van der Waals surface area contributed by atoms with E-state index >= 15 is 0 Å². The average Bonchev–Trinajstić information content (AvgIpc) is 2.18. The first-order chi connectivity index (χ1) is 7.00. The number of piperazine rings is 1. The summed E-state index contributed by atoms with van der Waals surface area (Å²) in [6.07, 6.45) is 0.959. The number of carbonyl (C=O) groups excluding carboxylic acids is 1. The van der Waals surface area contributed by atoms with Crippen LogP contribution in [0.1, 0.15) is 27.2 Å². The monoisotopic (exact) mass is 212 g/mol. The first-order valence-electron chi connectivity index (χ1n) is 5.36. The smallest absolute Gasteiger partial charge is 0.245 e. The molecule has 15 heavy (non-hydrogen) atoms. The van der Waals surface area contributed by atoms with Crippen LogP contribution in [0.25, 0.3) is 0 Å². The van der Waals surface area contributed by atoms with Crippen molar-refractivity contribution in [3.8, 4) is 0 Å². The predicted molar refractivity (Wildman–Crippen MR) is 60.6 cm³/mol. The molecule has 1 heterocycles. The largest absolute Gasteiger partial charge is 0.370 e. The van der Waals surface area contributed by atoms with Gasteiger partial charge in [0.15, 0.2) is 5.96 Å². The van der Waals surface area contributed by atoms with Gasteiger partial charge in [0.25, 0.3) is 0 Å². The molecule has 1 aliphatic rings. The van der Waals surface area contributed by atoms with Gasteiger partial charge in [0.05, 0.1) is 0 Å². The lowest BCUT2D eigenvalue weighted by atomic mass is 9.99. The molecule has 0 unspecified atom stereocenters. The van der Waals surface area contributed by atoms with Crippen molar-refractivity contribution in [3.05, 3.63) is 0 Å². The summed E-state index contributed by atoms with van der Waals surface area (Å²) in [5.74, 6) is 0.472. The Hall–Kier alpha value is -1.26. The van der Waals surface area contributed by atoms with E-state index in [1.165, 1.54) is 0 Å². The van der Waals surface area contributed by atoms with Crippen molar-refractivity contribution in [2.24, 2.45) is 10.7 Å². The van der Waals surface area contributed by atoms with Gasteiger partial charge in [0, 0.05) is 19.6 Å². The third-order valence-corrected chi connectivity index (χ3v) is 2.63. The highest BCUT2D eigenvalue weighted by Gasteiger charge is 2.38. The fourth-order valence-corrected chi connectivity index (χ4v) is 1.61. The number of nitrogens with zero attached hydrogens (tertiary/aromatic N) is 2. The lowest BCUT2D eigenvalue weighted by Crippen LogP contribution is -2.64. The minimum atomic E-state index is -0.598. The summed E-state index contributed by atoms with van der Waals surface area (Å²) >= 11 is 0. The summed E-state index contributed by atoms with van der Waals surface area (Å²) in [5, 5.41) is 2.82. The van der Waals surface area contributed by atoms with Crippen LogP contribution in [0.2, 0.25) is 0 Å². The number of nitrogens with two attached hydrogens (primary N) is 1. The van der Waals surface area contributed by atoms with Crippen LogP contribution in [-0.4, -0.2) is 41.9 Å². The molecule has 1 rings (SSSR count). The molecular weight excluding hydrogens is 192 g/mol. The molecule has 0 atom stereocenters. The molecule has 0 aromatic carbocycles. The third kappa shape index (κ3) is 2.40. The lowest BCUT2D eigenvalue weighted by molar-refractivity contribution is -0.132. The number of nitrogens with one attached hydrogen (secondary N) is 1. The SMILES string of the molecule is CCCN=C(N)N1CCNC(=O)C1(C)C. The van der Waals surface area contributed by atoms with Crippen LogP contribution in [0.4, 0.5) is 0 Å². The minimum absolute atomic E-state index is 0.00315. The van der Waals surface area contributed by atoms with Crippen LogP contribution in [0.5, 0.6) is 0 Å². The number of rotatable bonds is 2. The zero-order valence-electron chi connectivity index (χ0n) is 9.71. The molecule has 86 valence electrons. The van der Waals surface area contributed by atoms with E-state index in [1.54, 1.807) is 0 Å². The van der Waals surface area contributed by atoms with Crippen LogP contribution < -0.4 is 11.1 Å². The number of guanidine groups is 1. The zero-order chi connectivity index (χ0) is 11.5. The molecule has 1 amide bonds. The molecule has 1 saturated heterocycles. The summed E-state index contributed by atoms with van der Waals surface area (Å²) in [6, 6.07) is 0. The molecule has 0 aromatic rings. The number of amides is 1. The normalized spacial score (nSPS) is 21.4. The van der Waals surface area contributed by atoms with Gasteiger partial charge in [0.2, 0.25) is 5.91 Å². The maximum atomic E-state index is 11.6. The van der Waals surface area contributed by atoms with E-state index in [2.05, 4.69) is 10.3 Å². The number of aliphatic imine (C=N–C) groups is 1. The van der Waals surface area contributed by atoms with Crippen molar-refractivity contribution in [2.75, 3.05) is 19.6 Å². The van der Waals surface area contributed by atoms with Gasteiger partial charge < -0.3 is 16.0 Å². The first kappa shape index (κ1) is 11.8. The van der Waals surface area contributed by atoms with Gasteiger partial charge in [-0.2, -0.15) is 0 Å². The Kier molecular flexibility index (Phi) is 3.55. The van der Waals surface area contributed by atoms with Crippen molar-refractivity contribution in [3.63, 3.8) is 0 Å². The van der Waals surface area contributed by atoms with E-state index < -0.39 is 5.54 Å². The van der Waals surface area contributed by atoms with Gasteiger partial charge in [0.1, 0.15) is 5.54 Å². The molecule has 0 spiro atoms. The van der Waals surface area contributed by atoms with E-state index in [4.69, 9.17) is 5.73 Å². The van der Waals surface area contributed by atoms with Gasteiger partial charge in [-0.3, -0.25) is 9.79 Å². The molecule has 1 aliphatic heterocycles. The van der Waals surface area contributed by atoms with Crippen molar-refractivity contribution in [1.29, 1.82) is 0 Å². The summed E-state index contributed by atoms with van der Waals surface area (Å²) in [5.41, 5.74) is 5.27. The summed E-state index contributed by atoms with van der Waals surface area (Å²) in [7, 11) is 0. The second-order valence-corrected chi connectivity index (χ2v) is 4.21. The van der Waals surface area contributed by atoms with E-state index in [0.29, 0.717) is 19.0 Å². The van der Waals surface area contributed by atoms with E-state index in [1.807, 2.05) is 25.7 Å². The Morgan fingerprint density at radius 3 is 2.93 bits per heavy atom. The average molecular weight is 212 g/mol. The Balaban J connectivity index is 2.79. The van der Waals surface area contributed by atoms with Crippen LogP contribution in [0, 0.1) is 0 Å². The number of hydrogen-bond donors (Lipinski definition) is 2. The van der Waals surface area contributed by atoms with Crippen molar-refractivity contribution in [2.45, 2.75) is 32.7 Å². The maximum absolute atomic E-state index is 11.6. The zero-order valence-corrected chi connectivity index (χ0v) is 9.71. The standard InChI is InChI=1S/C10H20N4O/c1-4-5-13-9(11)14-7-6-12-8(15)10(14,2)3/h4-7H2,1-3H3,(H2,11,13)(H,12,15). The number of hydrogen-bond acceptors (Lipinski definition) is 2. The van der Waals surface area contributed by atoms with Gasteiger partial charge in [-0.25, -0.2) is 0 Å². The lowest BCUT2D eigenvalue weighted by Gasteiger charge is -2.41. The second-order valence-electron chi connectivity index (χ2n) is 4.21. The van der Waals surface area contributed by atoms with Crippen LogP contribution in [0.3, 0.4) is 0 Å². The molecule has 1 fully saturated rings. The van der Waals surface area contributed by atoms with E-state index in [-0.39, 0.29) is 5.91 Å². The molecule has 0 aliphatic carbocycles. The molecular formula is C10H20N4O. The van der Waals surface area contributed by atoms with Crippen molar-refractivity contribution < 1.29 is 4.79 Å². The van der Waals surface area contributed by atoms with Crippen molar-refractivity contribution in [1.82, 2.24) is 10.2 Å². The topological polar surface area (TPSA) is 70.7 Å². The van der Waals surface area contributed by atoms with Crippen molar-refractivity contribution >= 4 is 11.9 Å². The van der Waals surface area contributed by atoms with Crippen LogP contribution in [-0.2, 0) is 4.79 Å². The first-order valence-corrected chi connectivity index (χ1v) is 5.36. The Labute approximate surface area is 90.7 Å². The molecule has 3 N–H and O–H groups in total. The predicted octanol–water partition coefficient (Wildman–Crippen LogP) is -0.0785. The van der Waals surface area contributed by atoms with Gasteiger partial charge in [-0.1, -0.05) is 6.92 Å². The van der Waals surface area contributed by atoms with E-state index in [9.17, 15) is 4.79 Å². The fraction of sp³-hybridized carbons (Fsp3) is 0.800. The Bertz CT molecular complexity index is 273. The molecule has 0 bridgehead atoms. The highest BCUT2D eigenvalue weighted by atomic mass is 16.2.